The molecule has 0 radical (unpaired) electrons. The number of nitrogens with one attached hydrogen (secondary N) is 1. The van der Waals surface area contributed by atoms with Crippen molar-refractivity contribution in [3.8, 4) is 0 Å². The SMILES string of the molecule is Cc1cc(SNC(N)=O)n(C)n1. The summed E-state index contributed by atoms with van der Waals surface area (Å²) in [6, 6.07) is 1.31. The molecule has 0 saturated carbocycles. The molecule has 0 bridgehead atoms. The van der Waals surface area contributed by atoms with Crippen molar-refractivity contribution in [3.63, 3.8) is 0 Å². The minimum Gasteiger partial charge on any atom is -0.351 e. The average Bonchev–Trinajstić information content (AvgIpc) is 2.26. The van der Waals surface area contributed by atoms with Crippen molar-refractivity contribution in [3.05, 3.63) is 11.8 Å². The molecule has 1 heterocycles. The number of carbonyl (C=O) groups excluding carboxylic acids is 1. The molecule has 5 nitrogen and oxygen atoms in total. The van der Waals surface area contributed by atoms with Crippen molar-refractivity contribution in [1.82, 2.24) is 14.5 Å². The van der Waals surface area contributed by atoms with E-state index >= 15 is 0 Å². The lowest BCUT2D eigenvalue weighted by Crippen LogP contribution is -2.23. The Morgan fingerprint density at radius 1 is 1.83 bits per heavy atom. The highest BCUT2D eigenvalue weighted by atomic mass is 32.2. The summed E-state index contributed by atoms with van der Waals surface area (Å²) in [5.74, 6) is 0. The number of urea groups is 1. The van der Waals surface area contributed by atoms with E-state index in [1.807, 2.05) is 13.0 Å². The summed E-state index contributed by atoms with van der Waals surface area (Å²) in [7, 11) is 1.80. The Kier molecular flexibility index (Phi) is 2.59. The smallest absolute Gasteiger partial charge is 0.322 e. The van der Waals surface area contributed by atoms with E-state index in [0.29, 0.717) is 0 Å². The van der Waals surface area contributed by atoms with Crippen LogP contribution < -0.4 is 10.5 Å². The van der Waals surface area contributed by atoms with Crippen molar-refractivity contribution < 1.29 is 4.79 Å². The van der Waals surface area contributed by atoms with Crippen LogP contribution in [0.5, 0.6) is 0 Å². The van der Waals surface area contributed by atoms with Gasteiger partial charge >= 0.3 is 6.03 Å². The number of amides is 2. The Morgan fingerprint density at radius 2 is 2.50 bits per heavy atom. The summed E-state index contributed by atoms with van der Waals surface area (Å²) < 4.78 is 4.09. The summed E-state index contributed by atoms with van der Waals surface area (Å²) in [6.07, 6.45) is 0. The van der Waals surface area contributed by atoms with E-state index in [2.05, 4.69) is 9.82 Å². The van der Waals surface area contributed by atoms with Gasteiger partial charge in [-0.1, -0.05) is 0 Å². The zero-order chi connectivity index (χ0) is 9.14. The predicted octanol–water partition coefficient (Wildman–Crippen LogP) is 0.404. The lowest BCUT2D eigenvalue weighted by atomic mass is 10.5. The summed E-state index contributed by atoms with van der Waals surface area (Å²) in [4.78, 5) is 10.4. The first-order valence-electron chi connectivity index (χ1n) is 3.32. The van der Waals surface area contributed by atoms with E-state index in [1.54, 1.807) is 11.7 Å². The number of nitrogens with zero attached hydrogens (tertiary/aromatic N) is 2. The molecular weight excluding hydrogens is 176 g/mol. The molecule has 0 aromatic carbocycles. The molecule has 0 saturated heterocycles. The van der Waals surface area contributed by atoms with Crippen molar-refractivity contribution in [1.29, 1.82) is 0 Å². The van der Waals surface area contributed by atoms with E-state index < -0.39 is 6.03 Å². The van der Waals surface area contributed by atoms with Crippen LogP contribution >= 0.6 is 11.9 Å². The zero-order valence-electron chi connectivity index (χ0n) is 6.87. The molecule has 0 aliphatic carbocycles. The largest absolute Gasteiger partial charge is 0.351 e. The van der Waals surface area contributed by atoms with Crippen LogP contribution in [0.15, 0.2) is 11.1 Å². The summed E-state index contributed by atoms with van der Waals surface area (Å²) in [5, 5.41) is 4.95. The first-order valence-corrected chi connectivity index (χ1v) is 4.14. The van der Waals surface area contributed by atoms with Gasteiger partial charge in [0.2, 0.25) is 0 Å². The molecule has 66 valence electrons. The molecule has 0 unspecified atom stereocenters. The van der Waals surface area contributed by atoms with Gasteiger partial charge in [0.05, 0.1) is 5.69 Å². The second kappa shape index (κ2) is 3.48. The van der Waals surface area contributed by atoms with E-state index in [9.17, 15) is 4.79 Å². The van der Waals surface area contributed by atoms with E-state index in [-0.39, 0.29) is 0 Å². The molecule has 12 heavy (non-hydrogen) atoms. The van der Waals surface area contributed by atoms with Crippen molar-refractivity contribution in [2.75, 3.05) is 0 Å². The monoisotopic (exact) mass is 186 g/mol. The van der Waals surface area contributed by atoms with Crippen LogP contribution in [-0.2, 0) is 7.05 Å². The summed E-state index contributed by atoms with van der Waals surface area (Å²) in [6.45, 7) is 1.88. The van der Waals surface area contributed by atoms with Gasteiger partial charge < -0.3 is 5.73 Å². The fourth-order valence-electron chi connectivity index (χ4n) is 0.785. The maximum absolute atomic E-state index is 10.4. The van der Waals surface area contributed by atoms with Crippen molar-refractivity contribution in [2.24, 2.45) is 12.8 Å². The third kappa shape index (κ3) is 2.16. The molecule has 1 aromatic heterocycles. The highest BCUT2D eigenvalue weighted by molar-refractivity contribution is 7.97. The third-order valence-electron chi connectivity index (χ3n) is 1.22. The van der Waals surface area contributed by atoms with Crippen LogP contribution in [0.4, 0.5) is 4.79 Å². The quantitative estimate of drug-likeness (QED) is 0.657. The average molecular weight is 186 g/mol. The Hall–Kier alpha value is -1.17. The van der Waals surface area contributed by atoms with Crippen LogP contribution in [0.1, 0.15) is 5.69 Å². The molecular formula is C6H10N4OS. The number of nitrogens with two attached hydrogens (primary N) is 1. The maximum atomic E-state index is 10.4. The van der Waals surface area contributed by atoms with Gasteiger partial charge in [-0.15, -0.1) is 0 Å². The Labute approximate surface area is 74.4 Å². The number of hydrogen-bond acceptors (Lipinski definition) is 3. The van der Waals surface area contributed by atoms with Gasteiger partial charge in [-0.2, -0.15) is 5.10 Å². The highest BCUT2D eigenvalue weighted by Crippen LogP contribution is 2.13. The number of primary amides is 1. The van der Waals surface area contributed by atoms with Gasteiger partial charge in [-0.25, -0.2) is 4.79 Å². The molecule has 1 rings (SSSR count). The Balaban J connectivity index is 2.62. The second-order valence-corrected chi connectivity index (χ2v) is 3.14. The lowest BCUT2D eigenvalue weighted by Gasteiger charge is -1.99. The number of aryl methyl sites for hydroxylation is 2. The van der Waals surface area contributed by atoms with Crippen LogP contribution in [0.3, 0.4) is 0 Å². The first-order chi connectivity index (χ1) is 5.59. The predicted molar refractivity (Wildman–Crippen MR) is 46.5 cm³/mol. The molecule has 1 aromatic rings. The Morgan fingerprint density at radius 3 is 2.92 bits per heavy atom. The topological polar surface area (TPSA) is 72.9 Å². The Bertz CT molecular complexity index is 296. The van der Waals surface area contributed by atoms with Gasteiger partial charge in [-0.05, 0) is 13.0 Å². The molecule has 0 aliphatic heterocycles. The summed E-state index contributed by atoms with van der Waals surface area (Å²) in [5.41, 5.74) is 5.81. The van der Waals surface area contributed by atoms with Crippen LogP contribution in [0.25, 0.3) is 0 Å². The number of aromatic nitrogens is 2. The van der Waals surface area contributed by atoms with Crippen molar-refractivity contribution in [2.45, 2.75) is 11.9 Å². The second-order valence-electron chi connectivity index (χ2n) is 2.32. The number of carbonyl (C=O) groups is 1. The standard InChI is InChI=1S/C6H10N4OS/c1-4-3-5(10(2)8-4)12-9-6(7)11/h3H,1-2H3,(H3,7,9,11). The third-order valence-corrected chi connectivity index (χ3v) is 2.11. The molecule has 0 atom stereocenters. The molecule has 6 heteroatoms. The van der Waals surface area contributed by atoms with Crippen LogP contribution in [-0.4, -0.2) is 15.8 Å². The van der Waals surface area contributed by atoms with Gasteiger partial charge in [0.25, 0.3) is 0 Å². The normalized spacial score (nSPS) is 9.83. The molecule has 0 spiro atoms. The summed E-state index contributed by atoms with van der Waals surface area (Å²) >= 11 is 1.15. The van der Waals surface area contributed by atoms with Gasteiger partial charge in [0.1, 0.15) is 5.03 Å². The highest BCUT2D eigenvalue weighted by Gasteiger charge is 2.02. The van der Waals surface area contributed by atoms with E-state index in [1.165, 1.54) is 0 Å². The molecule has 0 aliphatic rings. The van der Waals surface area contributed by atoms with Crippen molar-refractivity contribution >= 4 is 18.0 Å². The molecule has 3 N–H and O–H groups in total. The zero-order valence-corrected chi connectivity index (χ0v) is 7.68. The minimum absolute atomic E-state index is 0.557. The lowest BCUT2D eigenvalue weighted by molar-refractivity contribution is 0.254. The number of rotatable bonds is 2. The van der Waals surface area contributed by atoms with Crippen LogP contribution in [0.2, 0.25) is 0 Å². The van der Waals surface area contributed by atoms with E-state index in [4.69, 9.17) is 5.73 Å². The van der Waals surface area contributed by atoms with Gasteiger partial charge in [0.15, 0.2) is 0 Å². The molecule has 2 amide bonds. The van der Waals surface area contributed by atoms with Gasteiger partial charge in [0, 0.05) is 19.0 Å². The minimum atomic E-state index is -0.557. The maximum Gasteiger partial charge on any atom is 0.322 e. The first kappa shape index (κ1) is 8.92. The van der Waals surface area contributed by atoms with Crippen LogP contribution in [0, 0.1) is 6.92 Å². The van der Waals surface area contributed by atoms with E-state index in [0.717, 1.165) is 22.7 Å². The fraction of sp³-hybridized carbons (Fsp3) is 0.333. The number of hydrogen-bond donors (Lipinski definition) is 2. The molecule has 0 fully saturated rings. The van der Waals surface area contributed by atoms with Gasteiger partial charge in [-0.3, -0.25) is 9.40 Å². The fourth-order valence-corrected chi connectivity index (χ4v) is 1.39.